The van der Waals surface area contributed by atoms with Gasteiger partial charge in [-0.2, -0.15) is 0 Å². The molecular formula is C19H28N2O. The average Bonchev–Trinajstić information content (AvgIpc) is 2.79. The number of rotatable bonds is 5. The summed E-state index contributed by atoms with van der Waals surface area (Å²) in [6, 6.07) is 8.45. The molecule has 1 aliphatic rings. The van der Waals surface area contributed by atoms with E-state index in [1.807, 2.05) is 11.0 Å². The van der Waals surface area contributed by atoms with Gasteiger partial charge >= 0.3 is 0 Å². The van der Waals surface area contributed by atoms with Gasteiger partial charge in [0.15, 0.2) is 0 Å². The molecule has 1 aromatic carbocycles. The summed E-state index contributed by atoms with van der Waals surface area (Å²) in [5.74, 6) is 0.721. The van der Waals surface area contributed by atoms with Gasteiger partial charge in [-0.25, -0.2) is 0 Å². The summed E-state index contributed by atoms with van der Waals surface area (Å²) in [7, 11) is 2.13. The van der Waals surface area contributed by atoms with Gasteiger partial charge in [-0.05, 0) is 44.9 Å². The van der Waals surface area contributed by atoms with Gasteiger partial charge in [0.25, 0.3) is 0 Å². The minimum atomic E-state index is -0.0668. The molecule has 0 N–H and O–H groups in total. The first-order valence-corrected chi connectivity index (χ1v) is 8.00. The van der Waals surface area contributed by atoms with Crippen molar-refractivity contribution in [3.63, 3.8) is 0 Å². The van der Waals surface area contributed by atoms with Crippen molar-refractivity contribution in [2.24, 2.45) is 5.92 Å². The number of benzene rings is 1. The van der Waals surface area contributed by atoms with Crippen LogP contribution in [0.3, 0.4) is 0 Å². The van der Waals surface area contributed by atoms with E-state index in [-0.39, 0.29) is 5.54 Å². The number of hydrogen-bond donors (Lipinski definition) is 0. The highest BCUT2D eigenvalue weighted by atomic mass is 16.2. The molecular weight excluding hydrogens is 272 g/mol. The van der Waals surface area contributed by atoms with Crippen molar-refractivity contribution in [3.8, 4) is 0 Å². The van der Waals surface area contributed by atoms with E-state index in [0.29, 0.717) is 18.2 Å². The molecule has 0 saturated carbocycles. The number of nitrogens with zero attached hydrogens (tertiary/aromatic N) is 2. The Bertz CT molecular complexity index is 545. The van der Waals surface area contributed by atoms with Crippen molar-refractivity contribution in [2.45, 2.75) is 39.3 Å². The quantitative estimate of drug-likeness (QED) is 0.832. The lowest BCUT2D eigenvalue weighted by Crippen LogP contribution is -2.42. The van der Waals surface area contributed by atoms with Crippen LogP contribution in [0.2, 0.25) is 0 Å². The van der Waals surface area contributed by atoms with Crippen LogP contribution in [-0.2, 0) is 11.3 Å². The summed E-state index contributed by atoms with van der Waals surface area (Å²) in [5, 5.41) is 0. The van der Waals surface area contributed by atoms with Gasteiger partial charge in [-0.1, -0.05) is 36.9 Å². The van der Waals surface area contributed by atoms with Gasteiger partial charge < -0.3 is 9.80 Å². The van der Waals surface area contributed by atoms with Crippen LogP contribution in [0.1, 0.15) is 38.3 Å². The monoisotopic (exact) mass is 300 g/mol. The van der Waals surface area contributed by atoms with E-state index in [1.54, 1.807) is 0 Å². The van der Waals surface area contributed by atoms with Crippen molar-refractivity contribution in [2.75, 3.05) is 20.1 Å². The van der Waals surface area contributed by atoms with E-state index in [1.165, 1.54) is 5.56 Å². The number of carbonyl (C=O) groups is 1. The molecule has 1 aromatic rings. The highest BCUT2D eigenvalue weighted by Crippen LogP contribution is 2.26. The summed E-state index contributed by atoms with van der Waals surface area (Å²) in [4.78, 5) is 16.5. The summed E-state index contributed by atoms with van der Waals surface area (Å²) >= 11 is 0. The second kappa shape index (κ2) is 6.66. The van der Waals surface area contributed by atoms with Crippen LogP contribution in [0.15, 0.2) is 30.8 Å². The third-order valence-corrected chi connectivity index (χ3v) is 4.22. The fourth-order valence-electron chi connectivity index (χ4n) is 3.19. The molecule has 1 aliphatic heterocycles. The van der Waals surface area contributed by atoms with Crippen molar-refractivity contribution >= 4 is 12.0 Å². The molecule has 1 heterocycles. The fourth-order valence-corrected chi connectivity index (χ4v) is 3.19. The molecule has 1 fully saturated rings. The molecule has 1 amide bonds. The highest BCUT2D eigenvalue weighted by molar-refractivity contribution is 5.79. The van der Waals surface area contributed by atoms with E-state index in [9.17, 15) is 4.79 Å². The maximum atomic E-state index is 12.2. The Kier molecular flexibility index (Phi) is 5.07. The molecule has 2 rings (SSSR count). The molecule has 1 unspecified atom stereocenters. The number of hydrogen-bond acceptors (Lipinski definition) is 2. The Morgan fingerprint density at radius 1 is 1.41 bits per heavy atom. The summed E-state index contributed by atoms with van der Waals surface area (Å²) in [6.45, 7) is 12.9. The third-order valence-electron chi connectivity index (χ3n) is 4.22. The van der Waals surface area contributed by atoms with E-state index in [4.69, 9.17) is 0 Å². The molecule has 0 radical (unpaired) electrons. The predicted octanol–water partition coefficient (Wildman–Crippen LogP) is 3.41. The molecule has 1 saturated heterocycles. The summed E-state index contributed by atoms with van der Waals surface area (Å²) < 4.78 is 0. The zero-order valence-electron chi connectivity index (χ0n) is 14.3. The summed E-state index contributed by atoms with van der Waals surface area (Å²) in [5.41, 5.74) is 2.38. The van der Waals surface area contributed by atoms with Crippen molar-refractivity contribution in [3.05, 3.63) is 42.0 Å². The molecule has 120 valence electrons. The fraction of sp³-hybridized carbons (Fsp3) is 0.526. The van der Waals surface area contributed by atoms with Crippen molar-refractivity contribution in [1.29, 1.82) is 0 Å². The minimum absolute atomic E-state index is 0.0668. The number of carbonyl (C=O) groups excluding carboxylic acids is 1. The largest absolute Gasteiger partial charge is 0.338 e. The first-order chi connectivity index (χ1) is 10.3. The molecule has 22 heavy (non-hydrogen) atoms. The lowest BCUT2D eigenvalue weighted by molar-refractivity contribution is -0.131. The maximum Gasteiger partial charge on any atom is 0.223 e. The molecule has 3 heteroatoms. The Balaban J connectivity index is 1.91. The van der Waals surface area contributed by atoms with Gasteiger partial charge in [-0.15, -0.1) is 0 Å². The molecule has 0 aromatic heterocycles. The Labute approximate surface area is 134 Å². The lowest BCUT2D eigenvalue weighted by atomic mass is 10.1. The van der Waals surface area contributed by atoms with Crippen LogP contribution in [-0.4, -0.2) is 41.4 Å². The van der Waals surface area contributed by atoms with Gasteiger partial charge in [0.2, 0.25) is 5.91 Å². The van der Waals surface area contributed by atoms with Crippen LogP contribution in [0.25, 0.3) is 6.08 Å². The van der Waals surface area contributed by atoms with Gasteiger partial charge in [0, 0.05) is 31.6 Å². The van der Waals surface area contributed by atoms with E-state index in [0.717, 1.165) is 25.2 Å². The van der Waals surface area contributed by atoms with Gasteiger partial charge in [-0.3, -0.25) is 4.79 Å². The van der Waals surface area contributed by atoms with Gasteiger partial charge in [0.1, 0.15) is 0 Å². The van der Waals surface area contributed by atoms with Crippen molar-refractivity contribution in [1.82, 2.24) is 9.80 Å². The average molecular weight is 300 g/mol. The van der Waals surface area contributed by atoms with Crippen LogP contribution in [0.5, 0.6) is 0 Å². The second-order valence-corrected chi connectivity index (χ2v) is 7.39. The van der Waals surface area contributed by atoms with Crippen LogP contribution >= 0.6 is 0 Å². The van der Waals surface area contributed by atoms with Crippen molar-refractivity contribution < 1.29 is 4.79 Å². The molecule has 0 aliphatic carbocycles. The molecule has 3 nitrogen and oxygen atoms in total. The first kappa shape index (κ1) is 16.8. The van der Waals surface area contributed by atoms with E-state index in [2.05, 4.69) is 63.6 Å². The molecule has 0 spiro atoms. The topological polar surface area (TPSA) is 23.6 Å². The SMILES string of the molecule is C=Cc1cccc(CN(C)CC2CC(=O)N(C(C)(C)C)C2)c1. The van der Waals surface area contributed by atoms with Crippen LogP contribution in [0.4, 0.5) is 0 Å². The Hall–Kier alpha value is -1.61. The Morgan fingerprint density at radius 2 is 2.14 bits per heavy atom. The summed E-state index contributed by atoms with van der Waals surface area (Å²) in [6.07, 6.45) is 2.55. The minimum Gasteiger partial charge on any atom is -0.338 e. The second-order valence-electron chi connectivity index (χ2n) is 7.39. The van der Waals surface area contributed by atoms with Crippen LogP contribution in [0, 0.1) is 5.92 Å². The smallest absolute Gasteiger partial charge is 0.223 e. The normalized spacial score (nSPS) is 19.0. The first-order valence-electron chi connectivity index (χ1n) is 8.00. The molecule has 0 bridgehead atoms. The maximum absolute atomic E-state index is 12.2. The molecule has 1 atom stereocenters. The number of amides is 1. The number of likely N-dealkylation sites (tertiary alicyclic amines) is 1. The van der Waals surface area contributed by atoms with E-state index < -0.39 is 0 Å². The lowest BCUT2D eigenvalue weighted by Gasteiger charge is -2.32. The zero-order chi connectivity index (χ0) is 16.3. The third kappa shape index (κ3) is 4.20. The van der Waals surface area contributed by atoms with Gasteiger partial charge in [0.05, 0.1) is 0 Å². The van der Waals surface area contributed by atoms with Crippen LogP contribution < -0.4 is 0 Å². The zero-order valence-corrected chi connectivity index (χ0v) is 14.3. The highest BCUT2D eigenvalue weighted by Gasteiger charge is 2.36. The Morgan fingerprint density at radius 3 is 2.73 bits per heavy atom. The predicted molar refractivity (Wildman–Crippen MR) is 92.4 cm³/mol. The standard InChI is InChI=1S/C19H28N2O/c1-6-15-8-7-9-16(10-15)12-20(5)13-17-11-18(22)21(14-17)19(2,3)4/h6-10,17H,1,11-14H2,2-5H3. The van der Waals surface area contributed by atoms with E-state index >= 15 is 0 Å².